The summed E-state index contributed by atoms with van der Waals surface area (Å²) in [4.78, 5) is 14.2. The van der Waals surface area contributed by atoms with Crippen LogP contribution in [0.2, 0.25) is 0 Å². The molecule has 3 nitrogen and oxygen atoms in total. The monoisotopic (exact) mass is 340 g/mol. The number of benzene rings is 2. The zero-order valence-corrected chi connectivity index (χ0v) is 14.6. The standard InChI is InChI=1S/C21H25FN2O/c1-16(17-7-3-2-4-8-17)15-23-18-11-13-24(14-12-18)21(25)19-9-5-6-10-20(19)22/h2-10,16,18,23H,11-15H2,1H3/t16-/m0/s1. The van der Waals surface area contributed by atoms with Crippen molar-refractivity contribution < 1.29 is 9.18 Å². The van der Waals surface area contributed by atoms with Gasteiger partial charge in [-0.25, -0.2) is 4.39 Å². The zero-order chi connectivity index (χ0) is 17.6. The highest BCUT2D eigenvalue weighted by molar-refractivity contribution is 5.94. The second-order valence-electron chi connectivity index (χ2n) is 6.77. The Morgan fingerprint density at radius 3 is 2.44 bits per heavy atom. The van der Waals surface area contributed by atoms with Crippen molar-refractivity contribution in [2.75, 3.05) is 19.6 Å². The second-order valence-corrected chi connectivity index (χ2v) is 6.77. The maximum absolute atomic E-state index is 13.8. The van der Waals surface area contributed by atoms with Crippen LogP contribution >= 0.6 is 0 Å². The Balaban J connectivity index is 1.47. The van der Waals surface area contributed by atoms with Gasteiger partial charge in [-0.15, -0.1) is 0 Å². The van der Waals surface area contributed by atoms with Crippen molar-refractivity contribution >= 4 is 5.91 Å². The molecule has 1 aliphatic rings. The lowest BCUT2D eigenvalue weighted by molar-refractivity contribution is 0.0700. The molecule has 3 rings (SSSR count). The number of hydrogen-bond acceptors (Lipinski definition) is 2. The summed E-state index contributed by atoms with van der Waals surface area (Å²) >= 11 is 0. The SMILES string of the molecule is C[C@@H](CNC1CCN(C(=O)c2ccccc2F)CC1)c1ccccc1. The van der Waals surface area contributed by atoms with Crippen molar-refractivity contribution in [3.63, 3.8) is 0 Å². The third kappa shape index (κ3) is 4.45. The topological polar surface area (TPSA) is 32.3 Å². The van der Waals surface area contributed by atoms with E-state index in [0.29, 0.717) is 25.0 Å². The van der Waals surface area contributed by atoms with E-state index in [1.54, 1.807) is 23.1 Å². The molecule has 0 saturated carbocycles. The molecule has 1 N–H and O–H groups in total. The van der Waals surface area contributed by atoms with E-state index in [0.717, 1.165) is 19.4 Å². The minimum Gasteiger partial charge on any atom is -0.338 e. The quantitative estimate of drug-likeness (QED) is 0.897. The van der Waals surface area contributed by atoms with E-state index in [1.807, 2.05) is 6.07 Å². The van der Waals surface area contributed by atoms with Crippen molar-refractivity contribution in [1.29, 1.82) is 0 Å². The number of nitrogens with zero attached hydrogens (tertiary/aromatic N) is 1. The van der Waals surface area contributed by atoms with Gasteiger partial charge >= 0.3 is 0 Å². The molecule has 132 valence electrons. The first-order chi connectivity index (χ1) is 12.1. The molecule has 2 aromatic carbocycles. The molecule has 0 aliphatic carbocycles. The van der Waals surface area contributed by atoms with E-state index in [4.69, 9.17) is 0 Å². The van der Waals surface area contributed by atoms with E-state index in [2.05, 4.69) is 36.5 Å². The predicted molar refractivity (Wildman–Crippen MR) is 98.2 cm³/mol. The first-order valence-electron chi connectivity index (χ1n) is 8.97. The average Bonchev–Trinajstić information content (AvgIpc) is 2.67. The van der Waals surface area contributed by atoms with E-state index in [9.17, 15) is 9.18 Å². The van der Waals surface area contributed by atoms with Crippen molar-refractivity contribution in [2.24, 2.45) is 0 Å². The van der Waals surface area contributed by atoms with Gasteiger partial charge < -0.3 is 10.2 Å². The summed E-state index contributed by atoms with van der Waals surface area (Å²) in [6, 6.07) is 17.1. The molecular formula is C21H25FN2O. The van der Waals surface area contributed by atoms with Crippen LogP contribution in [0.3, 0.4) is 0 Å². The maximum Gasteiger partial charge on any atom is 0.256 e. The Bertz CT molecular complexity index is 696. The summed E-state index contributed by atoms with van der Waals surface area (Å²) < 4.78 is 13.8. The summed E-state index contributed by atoms with van der Waals surface area (Å²) in [6.07, 6.45) is 1.81. The first kappa shape index (κ1) is 17.6. The van der Waals surface area contributed by atoms with Crippen LogP contribution in [0.1, 0.15) is 41.6 Å². The fourth-order valence-electron chi connectivity index (χ4n) is 3.33. The summed E-state index contributed by atoms with van der Waals surface area (Å²) in [5, 5.41) is 3.62. The molecule has 1 heterocycles. The molecule has 0 bridgehead atoms. The molecule has 0 radical (unpaired) electrons. The van der Waals surface area contributed by atoms with E-state index < -0.39 is 5.82 Å². The molecule has 4 heteroatoms. The normalized spacial score (nSPS) is 16.6. The van der Waals surface area contributed by atoms with Crippen molar-refractivity contribution in [3.8, 4) is 0 Å². The van der Waals surface area contributed by atoms with Crippen LogP contribution in [0.15, 0.2) is 54.6 Å². The van der Waals surface area contributed by atoms with Crippen molar-refractivity contribution in [2.45, 2.75) is 31.7 Å². The number of hydrogen-bond donors (Lipinski definition) is 1. The number of halogens is 1. The Kier molecular flexibility index (Phi) is 5.82. The van der Waals surface area contributed by atoms with Crippen LogP contribution in [-0.2, 0) is 0 Å². The van der Waals surface area contributed by atoms with Gasteiger partial charge in [-0.3, -0.25) is 4.79 Å². The van der Waals surface area contributed by atoms with Gasteiger partial charge in [-0.2, -0.15) is 0 Å². The molecule has 1 saturated heterocycles. The molecule has 1 fully saturated rings. The number of carbonyl (C=O) groups is 1. The highest BCUT2D eigenvalue weighted by Crippen LogP contribution is 2.18. The molecular weight excluding hydrogens is 315 g/mol. The fourth-order valence-corrected chi connectivity index (χ4v) is 3.33. The lowest BCUT2D eigenvalue weighted by atomic mass is 9.99. The third-order valence-corrected chi connectivity index (χ3v) is 4.97. The van der Waals surface area contributed by atoms with Crippen LogP contribution in [0.25, 0.3) is 0 Å². The first-order valence-corrected chi connectivity index (χ1v) is 8.97. The van der Waals surface area contributed by atoms with Gasteiger partial charge in [-0.05, 0) is 36.5 Å². The lowest BCUT2D eigenvalue weighted by Crippen LogP contribution is -2.45. The average molecular weight is 340 g/mol. The summed E-state index contributed by atoms with van der Waals surface area (Å²) in [5.41, 5.74) is 1.51. The van der Waals surface area contributed by atoms with Crippen molar-refractivity contribution in [1.82, 2.24) is 10.2 Å². The van der Waals surface area contributed by atoms with E-state index >= 15 is 0 Å². The second kappa shape index (κ2) is 8.26. The van der Waals surface area contributed by atoms with Gasteiger partial charge in [0.25, 0.3) is 5.91 Å². The highest BCUT2D eigenvalue weighted by atomic mass is 19.1. The van der Waals surface area contributed by atoms with Crippen LogP contribution in [0.5, 0.6) is 0 Å². The molecule has 25 heavy (non-hydrogen) atoms. The Labute approximate surface area is 148 Å². The third-order valence-electron chi connectivity index (χ3n) is 4.97. The molecule has 1 atom stereocenters. The van der Waals surface area contributed by atoms with Gasteiger partial charge in [0.1, 0.15) is 5.82 Å². The minimum absolute atomic E-state index is 0.173. The van der Waals surface area contributed by atoms with Crippen LogP contribution in [-0.4, -0.2) is 36.5 Å². The summed E-state index contributed by atoms with van der Waals surface area (Å²) in [6.45, 7) is 4.49. The van der Waals surface area contributed by atoms with Gasteiger partial charge in [-0.1, -0.05) is 49.4 Å². The largest absolute Gasteiger partial charge is 0.338 e. The number of rotatable bonds is 5. The van der Waals surface area contributed by atoms with Crippen LogP contribution < -0.4 is 5.32 Å². The van der Waals surface area contributed by atoms with E-state index in [-0.39, 0.29) is 11.5 Å². The van der Waals surface area contributed by atoms with Gasteiger partial charge in [0, 0.05) is 25.7 Å². The number of nitrogens with one attached hydrogen (secondary N) is 1. The molecule has 0 aromatic heterocycles. The van der Waals surface area contributed by atoms with Gasteiger partial charge in [0.15, 0.2) is 0 Å². The lowest BCUT2D eigenvalue weighted by Gasteiger charge is -2.33. The van der Waals surface area contributed by atoms with Crippen LogP contribution in [0, 0.1) is 5.82 Å². The number of likely N-dealkylation sites (tertiary alicyclic amines) is 1. The summed E-state index contributed by atoms with van der Waals surface area (Å²) in [5.74, 6) is -0.182. The maximum atomic E-state index is 13.8. The van der Waals surface area contributed by atoms with E-state index in [1.165, 1.54) is 11.6 Å². The minimum atomic E-state index is -0.440. The smallest absolute Gasteiger partial charge is 0.256 e. The highest BCUT2D eigenvalue weighted by Gasteiger charge is 2.25. The zero-order valence-electron chi connectivity index (χ0n) is 14.6. The number of carbonyl (C=O) groups excluding carboxylic acids is 1. The predicted octanol–water partition coefficient (Wildman–Crippen LogP) is 3.82. The fraction of sp³-hybridized carbons (Fsp3) is 0.381. The summed E-state index contributed by atoms with van der Waals surface area (Å²) in [7, 11) is 0. The number of piperidine rings is 1. The molecule has 0 spiro atoms. The molecule has 1 amide bonds. The molecule has 0 unspecified atom stereocenters. The Morgan fingerprint density at radius 1 is 1.12 bits per heavy atom. The van der Waals surface area contributed by atoms with Gasteiger partial charge in [0.2, 0.25) is 0 Å². The van der Waals surface area contributed by atoms with Crippen LogP contribution in [0.4, 0.5) is 4.39 Å². The van der Waals surface area contributed by atoms with Crippen molar-refractivity contribution in [3.05, 3.63) is 71.5 Å². The molecule has 1 aliphatic heterocycles. The number of amides is 1. The van der Waals surface area contributed by atoms with Gasteiger partial charge in [0.05, 0.1) is 5.56 Å². The molecule has 2 aromatic rings. The Hall–Kier alpha value is -2.20. The Morgan fingerprint density at radius 2 is 1.76 bits per heavy atom.